The Morgan fingerprint density at radius 2 is 1.63 bits per heavy atom. The molecule has 232 valence electrons. The van der Waals surface area contributed by atoms with Crippen LogP contribution in [-0.2, 0) is 17.8 Å². The number of carbonyl (C=O) groups is 1. The Balaban J connectivity index is 1.26. The quantitative estimate of drug-likeness (QED) is 0.107. The molecule has 4 aromatic carbocycles. The molecule has 1 amide bonds. The molecule has 1 aliphatic heterocycles. The van der Waals surface area contributed by atoms with Crippen LogP contribution in [0.5, 0.6) is 17.2 Å². The van der Waals surface area contributed by atoms with Crippen molar-refractivity contribution in [3.63, 3.8) is 0 Å². The molecular weight excluding hydrogens is 615 g/mol. The monoisotopic (exact) mass is 647 g/mol. The molecule has 5 aromatic rings. The summed E-state index contributed by atoms with van der Waals surface area (Å²) in [6, 6.07) is 31.9. The Hall–Kier alpha value is -4.86. The van der Waals surface area contributed by atoms with Gasteiger partial charge in [0.15, 0.2) is 11.5 Å². The molecule has 0 N–H and O–H groups in total. The lowest BCUT2D eigenvalue weighted by Gasteiger charge is -2.15. The zero-order chi connectivity index (χ0) is 32.0. The van der Waals surface area contributed by atoms with Gasteiger partial charge in [-0.15, -0.1) is 0 Å². The molecule has 0 atom stereocenters. The Labute approximate surface area is 278 Å². The summed E-state index contributed by atoms with van der Waals surface area (Å²) >= 11 is 6.97. The van der Waals surface area contributed by atoms with Crippen molar-refractivity contribution >= 4 is 40.3 Å². The first-order chi connectivity index (χ1) is 22.4. The molecule has 0 aliphatic carbocycles. The van der Waals surface area contributed by atoms with Crippen LogP contribution in [0.25, 0.3) is 23.0 Å². The largest absolute Gasteiger partial charge is 0.493 e. The van der Waals surface area contributed by atoms with Gasteiger partial charge >= 0.3 is 0 Å². The number of rotatable bonds is 11. The van der Waals surface area contributed by atoms with Crippen molar-refractivity contribution < 1.29 is 19.0 Å². The van der Waals surface area contributed by atoms with E-state index in [9.17, 15) is 4.79 Å². The van der Waals surface area contributed by atoms with Crippen molar-refractivity contribution in [2.45, 2.75) is 20.0 Å². The van der Waals surface area contributed by atoms with Crippen LogP contribution in [0.3, 0.4) is 0 Å². The molecule has 9 heteroatoms. The molecule has 1 saturated heterocycles. The summed E-state index contributed by atoms with van der Waals surface area (Å²) in [6.07, 6.45) is 4.45. The van der Waals surface area contributed by atoms with Crippen LogP contribution >= 0.6 is 24.0 Å². The van der Waals surface area contributed by atoms with E-state index in [0.29, 0.717) is 40.3 Å². The van der Waals surface area contributed by atoms with E-state index in [4.69, 9.17) is 31.5 Å². The number of aromatic nitrogens is 2. The molecular formula is C37H33N3O4S2. The second-order valence-corrected chi connectivity index (χ2v) is 12.5. The van der Waals surface area contributed by atoms with E-state index in [-0.39, 0.29) is 5.91 Å². The molecule has 0 spiro atoms. The Morgan fingerprint density at radius 1 is 0.870 bits per heavy atom. The topological polar surface area (TPSA) is 65.8 Å². The van der Waals surface area contributed by atoms with Gasteiger partial charge < -0.3 is 14.2 Å². The molecule has 1 aliphatic rings. The third-order valence-corrected chi connectivity index (χ3v) is 9.01. The van der Waals surface area contributed by atoms with E-state index < -0.39 is 0 Å². The smallest absolute Gasteiger partial charge is 0.266 e. The predicted octanol–water partition coefficient (Wildman–Crippen LogP) is 7.89. The number of nitrogens with zero attached hydrogens (tertiary/aromatic N) is 3. The van der Waals surface area contributed by atoms with Crippen LogP contribution in [0.1, 0.15) is 22.3 Å². The summed E-state index contributed by atoms with van der Waals surface area (Å²) in [5.74, 6) is 1.93. The lowest BCUT2D eigenvalue weighted by atomic mass is 10.1. The fourth-order valence-corrected chi connectivity index (χ4v) is 6.42. The first-order valence-corrected chi connectivity index (χ1v) is 16.0. The minimum absolute atomic E-state index is 0.121. The molecule has 1 aromatic heterocycles. The minimum atomic E-state index is -0.121. The van der Waals surface area contributed by atoms with Crippen LogP contribution in [0.4, 0.5) is 0 Å². The molecule has 7 nitrogen and oxygen atoms in total. The first kappa shape index (κ1) is 31.1. The average molecular weight is 648 g/mol. The van der Waals surface area contributed by atoms with Gasteiger partial charge in [-0.25, -0.2) is 4.68 Å². The number of hydrogen-bond donors (Lipinski definition) is 0. The van der Waals surface area contributed by atoms with Crippen molar-refractivity contribution in [2.24, 2.45) is 0 Å². The highest BCUT2D eigenvalue weighted by Crippen LogP contribution is 2.36. The van der Waals surface area contributed by atoms with Crippen molar-refractivity contribution in [3.05, 3.63) is 130 Å². The second kappa shape index (κ2) is 14.1. The van der Waals surface area contributed by atoms with Crippen molar-refractivity contribution in [2.75, 3.05) is 20.8 Å². The number of thioether (sulfide) groups is 1. The zero-order valence-corrected chi connectivity index (χ0v) is 27.4. The van der Waals surface area contributed by atoms with Crippen molar-refractivity contribution in [1.29, 1.82) is 0 Å². The molecule has 0 saturated carbocycles. The maximum Gasteiger partial charge on any atom is 0.266 e. The lowest BCUT2D eigenvalue weighted by Crippen LogP contribution is -2.30. The maximum absolute atomic E-state index is 13.6. The number of hydrogen-bond acceptors (Lipinski definition) is 7. The normalized spacial score (nSPS) is 13.8. The van der Waals surface area contributed by atoms with Gasteiger partial charge in [0.25, 0.3) is 5.91 Å². The number of amides is 1. The first-order valence-electron chi connectivity index (χ1n) is 14.8. The third kappa shape index (κ3) is 7.01. The summed E-state index contributed by atoms with van der Waals surface area (Å²) in [5, 5.41) is 4.96. The number of aryl methyl sites for hydroxylation is 1. The Morgan fingerprint density at radius 3 is 2.39 bits per heavy atom. The Kier molecular flexibility index (Phi) is 9.51. The highest BCUT2D eigenvalue weighted by molar-refractivity contribution is 8.26. The summed E-state index contributed by atoms with van der Waals surface area (Å²) in [4.78, 5) is 15.9. The van der Waals surface area contributed by atoms with Gasteiger partial charge in [0.2, 0.25) is 0 Å². The number of carbonyl (C=O) groups excluding carboxylic acids is 1. The minimum Gasteiger partial charge on any atom is -0.493 e. The fraction of sp³-hybridized carbons (Fsp3) is 0.162. The van der Waals surface area contributed by atoms with Crippen LogP contribution in [0.15, 0.2) is 108 Å². The molecule has 0 radical (unpaired) electrons. The SMILES string of the molecule is COc1ccc(CCN2C(=O)C(=Cc3cn(-c4ccccc4)nc3-c3cccc(OCc4ccc(C)cc4)c3)SC2=S)cc1OC. The number of benzene rings is 4. The van der Waals surface area contributed by atoms with Gasteiger partial charge in [-0.1, -0.05) is 90.2 Å². The van der Waals surface area contributed by atoms with E-state index in [0.717, 1.165) is 39.4 Å². The van der Waals surface area contributed by atoms with Crippen LogP contribution in [0, 0.1) is 6.92 Å². The van der Waals surface area contributed by atoms with Gasteiger partial charge in [-0.05, 0) is 66.9 Å². The summed E-state index contributed by atoms with van der Waals surface area (Å²) in [6.45, 7) is 2.98. The molecule has 0 unspecified atom stereocenters. The summed E-state index contributed by atoms with van der Waals surface area (Å²) in [5.41, 5.74) is 6.66. The summed E-state index contributed by atoms with van der Waals surface area (Å²) in [7, 11) is 3.22. The molecule has 0 bridgehead atoms. The number of methoxy groups -OCH3 is 2. The summed E-state index contributed by atoms with van der Waals surface area (Å²) < 4.78 is 19.3. The van der Waals surface area contributed by atoms with Crippen LogP contribution < -0.4 is 14.2 Å². The fourth-order valence-electron chi connectivity index (χ4n) is 5.13. The van der Waals surface area contributed by atoms with Gasteiger partial charge in [0.1, 0.15) is 22.4 Å². The molecule has 6 rings (SSSR count). The third-order valence-electron chi connectivity index (χ3n) is 7.63. The van der Waals surface area contributed by atoms with Gasteiger partial charge in [0.05, 0.1) is 24.8 Å². The highest BCUT2D eigenvalue weighted by Gasteiger charge is 2.32. The zero-order valence-electron chi connectivity index (χ0n) is 25.8. The standard InChI is InChI=1S/C37H33N3O4S2/c1-25-12-14-27(15-13-25)24-44-31-11-7-8-28(21-31)35-29(23-40(38-35)30-9-5-4-6-10-30)22-34-36(41)39(37(45)46-34)19-18-26-16-17-32(42-2)33(20-26)43-3/h4-17,20-23H,18-19,24H2,1-3H3. The van der Waals surface area contributed by atoms with Crippen LogP contribution in [0.2, 0.25) is 0 Å². The van der Waals surface area contributed by atoms with E-state index in [2.05, 4.69) is 31.2 Å². The average Bonchev–Trinajstić information content (AvgIpc) is 3.63. The van der Waals surface area contributed by atoms with E-state index in [1.165, 1.54) is 17.3 Å². The number of para-hydroxylation sites is 1. The number of ether oxygens (including phenoxy) is 3. The highest BCUT2D eigenvalue weighted by atomic mass is 32.2. The molecule has 2 heterocycles. The number of thiocarbonyl (C=S) groups is 1. The molecule has 1 fully saturated rings. The lowest BCUT2D eigenvalue weighted by molar-refractivity contribution is -0.122. The van der Waals surface area contributed by atoms with Gasteiger partial charge in [-0.2, -0.15) is 5.10 Å². The second-order valence-electron chi connectivity index (χ2n) is 10.8. The van der Waals surface area contributed by atoms with Crippen molar-refractivity contribution in [1.82, 2.24) is 14.7 Å². The predicted molar refractivity (Wildman–Crippen MR) is 188 cm³/mol. The van der Waals surface area contributed by atoms with E-state index >= 15 is 0 Å². The van der Waals surface area contributed by atoms with Crippen molar-refractivity contribution in [3.8, 4) is 34.2 Å². The van der Waals surface area contributed by atoms with Gasteiger partial charge in [-0.3, -0.25) is 9.69 Å². The Bertz CT molecular complexity index is 1900. The van der Waals surface area contributed by atoms with Crippen LogP contribution in [-0.4, -0.2) is 45.7 Å². The van der Waals surface area contributed by atoms with E-state index in [1.54, 1.807) is 19.1 Å². The van der Waals surface area contributed by atoms with Gasteiger partial charge in [0, 0.05) is 23.9 Å². The van der Waals surface area contributed by atoms with E-state index in [1.807, 2.05) is 89.8 Å². The maximum atomic E-state index is 13.6. The molecule has 46 heavy (non-hydrogen) atoms.